The highest BCUT2D eigenvalue weighted by Gasteiger charge is 2.90. The topological polar surface area (TPSA) is 63.6 Å². The molecule has 6 atom stereocenters. The van der Waals surface area contributed by atoms with Crippen LogP contribution < -0.4 is 0 Å². The number of hydrogen-bond donors (Lipinski definition) is 1. The summed E-state index contributed by atoms with van der Waals surface area (Å²) < 4.78 is 5.84. The molecule has 2 aliphatic heterocycles. The van der Waals surface area contributed by atoms with Gasteiger partial charge in [0.05, 0.1) is 17.6 Å². The van der Waals surface area contributed by atoms with Gasteiger partial charge in [-0.1, -0.05) is 20.8 Å². The normalized spacial score (nSPS) is 62.7. The molecule has 3 saturated carbocycles. The highest BCUT2D eigenvalue weighted by molar-refractivity contribution is 6.19. The van der Waals surface area contributed by atoms with Gasteiger partial charge in [0.1, 0.15) is 0 Å². The second-order valence-electron chi connectivity index (χ2n) is 7.34. The van der Waals surface area contributed by atoms with Crippen LogP contribution in [0, 0.1) is 22.7 Å². The van der Waals surface area contributed by atoms with Gasteiger partial charge in [0.25, 0.3) is 0 Å². The van der Waals surface area contributed by atoms with Crippen molar-refractivity contribution in [3.05, 3.63) is 0 Å². The van der Waals surface area contributed by atoms with E-state index in [9.17, 15) is 14.7 Å². The zero-order valence-electron chi connectivity index (χ0n) is 11.7. The molecule has 2 bridgehead atoms. The molecule has 4 nitrogen and oxygen atoms in total. The van der Waals surface area contributed by atoms with E-state index in [4.69, 9.17) is 4.74 Å². The lowest BCUT2D eigenvalue weighted by molar-refractivity contribution is -0.349. The first-order valence-electron chi connectivity index (χ1n) is 7.22. The van der Waals surface area contributed by atoms with E-state index in [2.05, 4.69) is 6.92 Å². The van der Waals surface area contributed by atoms with Crippen LogP contribution in [0.25, 0.3) is 0 Å². The van der Waals surface area contributed by atoms with Gasteiger partial charge in [-0.3, -0.25) is 9.59 Å². The number of ether oxygens (including phenoxy) is 1. The van der Waals surface area contributed by atoms with Crippen molar-refractivity contribution in [2.75, 3.05) is 6.61 Å². The highest BCUT2D eigenvalue weighted by Crippen LogP contribution is 2.77. The van der Waals surface area contributed by atoms with Crippen molar-refractivity contribution in [1.29, 1.82) is 0 Å². The third-order valence-corrected chi connectivity index (χ3v) is 7.21. The molecule has 4 heteroatoms. The predicted octanol–water partition coefficient (Wildman–Crippen LogP) is 1.10. The largest absolute Gasteiger partial charge is 0.388 e. The van der Waals surface area contributed by atoms with E-state index in [0.717, 1.165) is 6.42 Å². The van der Waals surface area contributed by atoms with Gasteiger partial charge in [-0.2, -0.15) is 0 Å². The van der Waals surface area contributed by atoms with Crippen molar-refractivity contribution >= 4 is 11.6 Å². The summed E-state index contributed by atoms with van der Waals surface area (Å²) in [5.74, 6) is -0.352. The zero-order valence-corrected chi connectivity index (χ0v) is 11.7. The summed E-state index contributed by atoms with van der Waals surface area (Å²) in [4.78, 5) is 25.0. The van der Waals surface area contributed by atoms with E-state index in [1.807, 2.05) is 13.8 Å². The molecule has 2 heterocycles. The summed E-state index contributed by atoms with van der Waals surface area (Å²) in [6.45, 7) is 6.18. The van der Waals surface area contributed by atoms with Crippen molar-refractivity contribution in [2.24, 2.45) is 22.7 Å². The Morgan fingerprint density at radius 2 is 2.00 bits per heavy atom. The molecule has 2 spiro atoms. The standard InChI is InChI=1S/C15H20O4/c1-8-4-5-14(18)12(3)7-19-15(11(17)9(12)2)10(16)6-13(8,14)15/h8-9,18H,4-7H2,1-3H3/t8-,9?,12-,13+,14+,15?/m1/s1. The Balaban J connectivity index is 2.05. The van der Waals surface area contributed by atoms with Gasteiger partial charge in [0.2, 0.25) is 0 Å². The van der Waals surface area contributed by atoms with Crippen molar-refractivity contribution < 1.29 is 19.4 Å². The van der Waals surface area contributed by atoms with E-state index in [1.54, 1.807) is 0 Å². The lowest BCUT2D eigenvalue weighted by atomic mass is 9.34. The summed E-state index contributed by atoms with van der Waals surface area (Å²) in [5.41, 5.74) is -3.47. The molecule has 5 rings (SSSR count). The number of aliphatic hydroxyl groups is 1. The maximum atomic E-state index is 12.8. The Bertz CT molecular complexity index is 528. The number of rotatable bonds is 0. The number of carbonyl (C=O) groups is 2. The van der Waals surface area contributed by atoms with Crippen LogP contribution in [0.4, 0.5) is 0 Å². The Labute approximate surface area is 112 Å². The molecule has 2 saturated heterocycles. The molecule has 5 aliphatic rings. The number of ketones is 2. The predicted molar refractivity (Wildman–Crippen MR) is 66.4 cm³/mol. The van der Waals surface area contributed by atoms with Gasteiger partial charge in [0.15, 0.2) is 17.2 Å². The minimum absolute atomic E-state index is 0.0871. The van der Waals surface area contributed by atoms with E-state index >= 15 is 0 Å². The minimum atomic E-state index is -1.32. The average molecular weight is 264 g/mol. The fourth-order valence-electron chi connectivity index (χ4n) is 5.79. The molecular formula is C15H20O4. The summed E-state index contributed by atoms with van der Waals surface area (Å²) in [6.07, 6.45) is 1.85. The van der Waals surface area contributed by atoms with E-state index in [1.165, 1.54) is 0 Å². The molecule has 0 amide bonds. The summed E-state index contributed by atoms with van der Waals surface area (Å²) in [7, 11) is 0. The second-order valence-corrected chi connectivity index (χ2v) is 7.34. The molecule has 104 valence electrons. The summed E-state index contributed by atoms with van der Waals surface area (Å²) in [5, 5.41) is 11.4. The van der Waals surface area contributed by atoms with Crippen LogP contribution in [-0.4, -0.2) is 34.5 Å². The van der Waals surface area contributed by atoms with Gasteiger partial charge in [-0.25, -0.2) is 0 Å². The van der Waals surface area contributed by atoms with Crippen LogP contribution in [0.15, 0.2) is 0 Å². The van der Waals surface area contributed by atoms with Gasteiger partial charge in [-0.05, 0) is 18.8 Å². The lowest BCUT2D eigenvalue weighted by Crippen LogP contribution is -2.89. The summed E-state index contributed by atoms with van der Waals surface area (Å²) in [6, 6.07) is 0. The van der Waals surface area contributed by atoms with Crippen LogP contribution in [0.2, 0.25) is 0 Å². The monoisotopic (exact) mass is 264 g/mol. The molecular weight excluding hydrogens is 244 g/mol. The van der Waals surface area contributed by atoms with Crippen LogP contribution in [0.3, 0.4) is 0 Å². The Morgan fingerprint density at radius 3 is 2.63 bits per heavy atom. The van der Waals surface area contributed by atoms with E-state index in [0.29, 0.717) is 19.4 Å². The first kappa shape index (κ1) is 12.0. The molecule has 1 N–H and O–H groups in total. The molecule has 2 unspecified atom stereocenters. The molecule has 3 aliphatic carbocycles. The van der Waals surface area contributed by atoms with Gasteiger partial charge >= 0.3 is 0 Å². The van der Waals surface area contributed by atoms with Crippen molar-refractivity contribution in [2.45, 2.75) is 51.2 Å². The second kappa shape index (κ2) is 2.82. The maximum absolute atomic E-state index is 12.8. The first-order chi connectivity index (χ1) is 8.78. The van der Waals surface area contributed by atoms with Crippen LogP contribution >= 0.6 is 0 Å². The number of hydrogen-bond acceptors (Lipinski definition) is 4. The van der Waals surface area contributed by atoms with Gasteiger partial charge in [0, 0.05) is 17.8 Å². The van der Waals surface area contributed by atoms with Crippen LogP contribution in [0.5, 0.6) is 0 Å². The third kappa shape index (κ3) is 0.770. The summed E-state index contributed by atoms with van der Waals surface area (Å²) >= 11 is 0. The highest BCUT2D eigenvalue weighted by atomic mass is 16.5. The van der Waals surface area contributed by atoms with Crippen molar-refractivity contribution in [3.63, 3.8) is 0 Å². The molecule has 0 aromatic carbocycles. The molecule has 19 heavy (non-hydrogen) atoms. The molecule has 0 aromatic heterocycles. The first-order valence-corrected chi connectivity index (χ1v) is 7.22. The Morgan fingerprint density at radius 1 is 1.32 bits per heavy atom. The number of fused-ring (bicyclic) bond motifs is 2. The van der Waals surface area contributed by atoms with Crippen molar-refractivity contribution in [1.82, 2.24) is 0 Å². The zero-order chi connectivity index (χ0) is 13.8. The maximum Gasteiger partial charge on any atom is 0.193 e. The van der Waals surface area contributed by atoms with Crippen LogP contribution in [-0.2, 0) is 14.3 Å². The van der Waals surface area contributed by atoms with E-state index < -0.39 is 22.0 Å². The average Bonchev–Trinajstić information content (AvgIpc) is 2.64. The fourth-order valence-corrected chi connectivity index (χ4v) is 5.79. The molecule has 0 radical (unpaired) electrons. The van der Waals surface area contributed by atoms with Gasteiger partial charge < -0.3 is 9.84 Å². The molecule has 0 aromatic rings. The Kier molecular flexibility index (Phi) is 1.78. The fraction of sp³-hybridized carbons (Fsp3) is 0.867. The SMILES string of the molecule is CC1C(=O)C23OC[C@@]1(C)[C@@]1(O)CC[C@@H](C)[C@]21CC3=O. The molecule has 5 fully saturated rings. The van der Waals surface area contributed by atoms with E-state index in [-0.39, 0.29) is 23.4 Å². The number of Topliss-reactive ketones (excluding diaryl/α,β-unsaturated/α-hetero) is 2. The van der Waals surface area contributed by atoms with Gasteiger partial charge in [-0.15, -0.1) is 0 Å². The Hall–Kier alpha value is -0.740. The third-order valence-electron chi connectivity index (χ3n) is 7.21. The smallest absolute Gasteiger partial charge is 0.193 e. The lowest BCUT2D eigenvalue weighted by Gasteiger charge is -2.74. The quantitative estimate of drug-likeness (QED) is 0.665. The van der Waals surface area contributed by atoms with Crippen molar-refractivity contribution in [3.8, 4) is 0 Å². The number of carbonyl (C=O) groups excluding carboxylic acids is 2. The van der Waals surface area contributed by atoms with Crippen LogP contribution in [0.1, 0.15) is 40.0 Å². The minimum Gasteiger partial charge on any atom is -0.388 e.